The van der Waals surface area contributed by atoms with Crippen molar-refractivity contribution in [2.24, 2.45) is 0 Å². The fraction of sp³-hybridized carbons (Fsp3) is 0.455. The molecule has 0 saturated carbocycles. The van der Waals surface area contributed by atoms with Gasteiger partial charge in [0, 0.05) is 24.7 Å². The number of β-amino-alcohol motifs (C(OH)–C–C–N with tert-alkyl or cyclic N) is 1. The number of carboxylic acid groups (broad SMARTS) is 1. The summed E-state index contributed by atoms with van der Waals surface area (Å²) in [5.74, 6) is -0.886. The van der Waals surface area contributed by atoms with E-state index in [9.17, 15) is 20.0 Å². The van der Waals surface area contributed by atoms with Crippen molar-refractivity contribution in [2.45, 2.75) is 25.5 Å². The monoisotopic (exact) mass is 267 g/mol. The summed E-state index contributed by atoms with van der Waals surface area (Å²) in [6, 6.07) is 0.327. The molecule has 2 N–H and O–H groups in total. The van der Waals surface area contributed by atoms with Gasteiger partial charge in [0.2, 0.25) is 0 Å². The molecule has 1 aliphatic heterocycles. The van der Waals surface area contributed by atoms with Crippen molar-refractivity contribution in [3.8, 4) is 0 Å². The quantitative estimate of drug-likeness (QED) is 0.598. The maximum atomic E-state index is 11.1. The number of aliphatic carboxylic acids is 1. The molecule has 2 rings (SSSR count). The lowest BCUT2D eigenvalue weighted by Gasteiger charge is -2.21. The number of nitrogens with zero attached hydrogens (tertiary/aromatic N) is 3. The predicted molar refractivity (Wildman–Crippen MR) is 65.0 cm³/mol. The van der Waals surface area contributed by atoms with Crippen LogP contribution in [-0.2, 0) is 4.79 Å². The van der Waals surface area contributed by atoms with E-state index in [1.165, 1.54) is 17.2 Å². The molecule has 8 nitrogen and oxygen atoms in total. The second-order valence-corrected chi connectivity index (χ2v) is 4.48. The van der Waals surface area contributed by atoms with Crippen LogP contribution in [0.3, 0.4) is 0 Å². The van der Waals surface area contributed by atoms with E-state index in [0.29, 0.717) is 5.56 Å². The van der Waals surface area contributed by atoms with Gasteiger partial charge in [-0.3, -0.25) is 10.1 Å². The molecule has 1 saturated heterocycles. The summed E-state index contributed by atoms with van der Waals surface area (Å²) < 4.78 is 0. The van der Waals surface area contributed by atoms with Gasteiger partial charge in [-0.2, -0.15) is 0 Å². The van der Waals surface area contributed by atoms with Gasteiger partial charge < -0.3 is 15.1 Å². The highest BCUT2D eigenvalue weighted by Crippen LogP contribution is 2.28. The van der Waals surface area contributed by atoms with E-state index in [2.05, 4.69) is 4.98 Å². The number of aliphatic hydroxyl groups is 1. The van der Waals surface area contributed by atoms with Crippen LogP contribution in [0.15, 0.2) is 12.3 Å². The van der Waals surface area contributed by atoms with Gasteiger partial charge in [0.25, 0.3) is 5.69 Å². The summed E-state index contributed by atoms with van der Waals surface area (Å²) in [7, 11) is 0. The van der Waals surface area contributed by atoms with Gasteiger partial charge in [0.15, 0.2) is 0 Å². The lowest BCUT2D eigenvalue weighted by Crippen LogP contribution is -2.36. The molecule has 0 amide bonds. The Kier molecular flexibility index (Phi) is 3.34. The van der Waals surface area contributed by atoms with Crippen LogP contribution < -0.4 is 4.90 Å². The fourth-order valence-electron chi connectivity index (χ4n) is 2.16. The SMILES string of the molecule is Cc1cnc(N2CC(O)CC2C(=O)O)cc1[N+](=O)[O-]. The van der Waals surface area contributed by atoms with E-state index in [1.54, 1.807) is 6.92 Å². The zero-order valence-electron chi connectivity index (χ0n) is 10.2. The Labute approximate surface area is 108 Å². The molecular weight excluding hydrogens is 254 g/mol. The maximum Gasteiger partial charge on any atom is 0.326 e. The number of carboxylic acids is 1. The van der Waals surface area contributed by atoms with Gasteiger partial charge in [-0.15, -0.1) is 0 Å². The third-order valence-electron chi connectivity index (χ3n) is 3.12. The molecule has 1 fully saturated rings. The number of carbonyl (C=O) groups is 1. The molecular formula is C11H13N3O5. The molecule has 0 radical (unpaired) electrons. The summed E-state index contributed by atoms with van der Waals surface area (Å²) in [5.41, 5.74) is 0.288. The lowest BCUT2D eigenvalue weighted by molar-refractivity contribution is -0.385. The number of aromatic nitrogens is 1. The van der Waals surface area contributed by atoms with Crippen LogP contribution in [0.5, 0.6) is 0 Å². The summed E-state index contributed by atoms with van der Waals surface area (Å²) >= 11 is 0. The number of pyridine rings is 1. The van der Waals surface area contributed by atoms with Crippen LogP contribution in [0.1, 0.15) is 12.0 Å². The summed E-state index contributed by atoms with van der Waals surface area (Å²) in [4.78, 5) is 26.8. The first-order valence-electron chi connectivity index (χ1n) is 5.68. The highest BCUT2D eigenvalue weighted by Gasteiger charge is 2.37. The zero-order chi connectivity index (χ0) is 14.2. The van der Waals surface area contributed by atoms with E-state index in [4.69, 9.17) is 5.11 Å². The smallest absolute Gasteiger partial charge is 0.326 e. The summed E-state index contributed by atoms with van der Waals surface area (Å²) in [6.07, 6.45) is 0.638. The predicted octanol–water partition coefficient (Wildman–Crippen LogP) is 0.322. The Morgan fingerprint density at radius 2 is 2.32 bits per heavy atom. The Morgan fingerprint density at radius 3 is 2.89 bits per heavy atom. The van der Waals surface area contributed by atoms with Gasteiger partial charge >= 0.3 is 5.97 Å². The Balaban J connectivity index is 2.38. The molecule has 1 aromatic heterocycles. The first-order valence-corrected chi connectivity index (χ1v) is 5.68. The Hall–Kier alpha value is -2.22. The average molecular weight is 267 g/mol. The Bertz CT molecular complexity index is 533. The van der Waals surface area contributed by atoms with Gasteiger partial charge in [-0.05, 0) is 6.92 Å². The van der Waals surface area contributed by atoms with Gasteiger partial charge in [-0.1, -0.05) is 0 Å². The van der Waals surface area contributed by atoms with E-state index < -0.39 is 23.0 Å². The molecule has 2 heterocycles. The molecule has 19 heavy (non-hydrogen) atoms. The van der Waals surface area contributed by atoms with Crippen molar-refractivity contribution in [3.05, 3.63) is 27.9 Å². The highest BCUT2D eigenvalue weighted by atomic mass is 16.6. The van der Waals surface area contributed by atoms with Crippen LogP contribution in [0.4, 0.5) is 11.5 Å². The number of nitro groups is 1. The van der Waals surface area contributed by atoms with Gasteiger partial charge in [0.1, 0.15) is 11.9 Å². The minimum absolute atomic E-state index is 0.0820. The second-order valence-electron chi connectivity index (χ2n) is 4.48. The molecule has 2 unspecified atom stereocenters. The number of aryl methyl sites for hydroxylation is 1. The number of hydrogen-bond acceptors (Lipinski definition) is 6. The summed E-state index contributed by atoms with van der Waals surface area (Å²) in [5, 5.41) is 29.5. The van der Waals surface area contributed by atoms with Crippen molar-refractivity contribution in [2.75, 3.05) is 11.4 Å². The zero-order valence-corrected chi connectivity index (χ0v) is 10.2. The largest absolute Gasteiger partial charge is 0.480 e. The van der Waals surface area contributed by atoms with Gasteiger partial charge in [-0.25, -0.2) is 9.78 Å². The fourth-order valence-corrected chi connectivity index (χ4v) is 2.16. The molecule has 8 heteroatoms. The number of rotatable bonds is 3. The Morgan fingerprint density at radius 1 is 1.63 bits per heavy atom. The highest BCUT2D eigenvalue weighted by molar-refractivity contribution is 5.79. The third-order valence-corrected chi connectivity index (χ3v) is 3.12. The lowest BCUT2D eigenvalue weighted by atomic mass is 10.2. The molecule has 2 atom stereocenters. The average Bonchev–Trinajstić information content (AvgIpc) is 2.71. The molecule has 0 aliphatic carbocycles. The van der Waals surface area contributed by atoms with Crippen LogP contribution in [-0.4, -0.2) is 44.8 Å². The number of aliphatic hydroxyl groups excluding tert-OH is 1. The third kappa shape index (κ3) is 2.48. The normalized spacial score (nSPS) is 22.5. The number of anilines is 1. The minimum atomic E-state index is -1.08. The second kappa shape index (κ2) is 4.81. The number of hydrogen-bond donors (Lipinski definition) is 2. The molecule has 1 aliphatic rings. The summed E-state index contributed by atoms with van der Waals surface area (Å²) in [6.45, 7) is 1.66. The molecule has 102 valence electrons. The van der Waals surface area contributed by atoms with E-state index in [0.717, 1.165) is 0 Å². The van der Waals surface area contributed by atoms with Crippen molar-refractivity contribution >= 4 is 17.5 Å². The van der Waals surface area contributed by atoms with Crippen LogP contribution in [0.2, 0.25) is 0 Å². The van der Waals surface area contributed by atoms with Crippen molar-refractivity contribution < 1.29 is 19.9 Å². The van der Waals surface area contributed by atoms with Crippen molar-refractivity contribution in [1.29, 1.82) is 0 Å². The molecule has 0 spiro atoms. The van der Waals surface area contributed by atoms with Gasteiger partial charge in [0.05, 0.1) is 17.1 Å². The first-order chi connectivity index (χ1) is 8.90. The molecule has 0 bridgehead atoms. The van der Waals surface area contributed by atoms with Crippen molar-refractivity contribution in [1.82, 2.24) is 4.98 Å². The van der Waals surface area contributed by atoms with E-state index in [-0.39, 0.29) is 24.5 Å². The standard InChI is InChI=1S/C11H13N3O5/c1-6-4-12-10(3-8(6)14(18)19)13-5-7(15)2-9(13)11(16)17/h3-4,7,9,15H,2,5H2,1H3,(H,16,17). The minimum Gasteiger partial charge on any atom is -0.480 e. The van der Waals surface area contributed by atoms with Crippen LogP contribution in [0.25, 0.3) is 0 Å². The van der Waals surface area contributed by atoms with Crippen molar-refractivity contribution in [3.63, 3.8) is 0 Å². The topological polar surface area (TPSA) is 117 Å². The van der Waals surface area contributed by atoms with E-state index >= 15 is 0 Å². The van der Waals surface area contributed by atoms with Crippen LogP contribution >= 0.6 is 0 Å². The van der Waals surface area contributed by atoms with Crippen LogP contribution in [0, 0.1) is 17.0 Å². The maximum absolute atomic E-state index is 11.1. The molecule has 0 aromatic carbocycles. The first kappa shape index (κ1) is 13.2. The van der Waals surface area contributed by atoms with E-state index in [1.807, 2.05) is 0 Å². The molecule has 1 aromatic rings.